The van der Waals surface area contributed by atoms with E-state index in [0.29, 0.717) is 25.3 Å². The molecule has 0 unspecified atom stereocenters. The predicted octanol–water partition coefficient (Wildman–Crippen LogP) is 1.03. The van der Waals surface area contributed by atoms with Gasteiger partial charge in [0.25, 0.3) is 0 Å². The van der Waals surface area contributed by atoms with Crippen molar-refractivity contribution in [3.8, 4) is 0 Å². The molecule has 1 fully saturated rings. The maximum Gasteiger partial charge on any atom is 0.236 e. The number of aromatic nitrogens is 1. The van der Waals surface area contributed by atoms with Crippen LogP contribution in [-0.4, -0.2) is 67.4 Å². The van der Waals surface area contributed by atoms with Gasteiger partial charge in [0.15, 0.2) is 0 Å². The molecular formula is C18H28N4O2. The van der Waals surface area contributed by atoms with E-state index >= 15 is 0 Å². The van der Waals surface area contributed by atoms with E-state index in [0.717, 1.165) is 37.3 Å². The lowest BCUT2D eigenvalue weighted by atomic mass is 9.92. The van der Waals surface area contributed by atoms with Crippen LogP contribution in [-0.2, 0) is 16.0 Å². The standard InChI is InChI=1S/C18H28N4O2/c1-19-13-18(24)22-11-9-14(10-12-22)16-6-4-5-15(20-16)7-8-17(23)21(2)3/h4-6,14,19H,7-13H2,1-3H3. The molecule has 0 radical (unpaired) electrons. The maximum absolute atomic E-state index is 11.9. The molecule has 2 heterocycles. The van der Waals surface area contributed by atoms with Gasteiger partial charge in [-0.3, -0.25) is 14.6 Å². The van der Waals surface area contributed by atoms with Crippen molar-refractivity contribution in [1.82, 2.24) is 20.1 Å². The fourth-order valence-electron chi connectivity index (χ4n) is 3.01. The zero-order chi connectivity index (χ0) is 17.5. The summed E-state index contributed by atoms with van der Waals surface area (Å²) in [5.41, 5.74) is 2.06. The van der Waals surface area contributed by atoms with Gasteiger partial charge in [0.1, 0.15) is 0 Å². The van der Waals surface area contributed by atoms with Gasteiger partial charge < -0.3 is 15.1 Å². The molecule has 1 aromatic heterocycles. The van der Waals surface area contributed by atoms with Crippen LogP contribution in [0.1, 0.15) is 36.6 Å². The molecule has 0 aliphatic carbocycles. The molecule has 2 amide bonds. The van der Waals surface area contributed by atoms with Crippen molar-refractivity contribution < 1.29 is 9.59 Å². The first-order valence-electron chi connectivity index (χ1n) is 8.59. The Kier molecular flexibility index (Phi) is 6.73. The van der Waals surface area contributed by atoms with Crippen LogP contribution in [0.2, 0.25) is 0 Å². The summed E-state index contributed by atoms with van der Waals surface area (Å²) < 4.78 is 0. The van der Waals surface area contributed by atoms with E-state index in [1.165, 1.54) is 0 Å². The SMILES string of the molecule is CNCC(=O)N1CCC(c2cccc(CCC(=O)N(C)C)n2)CC1. The van der Waals surface area contributed by atoms with Gasteiger partial charge in [-0.25, -0.2) is 0 Å². The molecule has 0 aromatic carbocycles. The van der Waals surface area contributed by atoms with Crippen molar-refractivity contribution in [2.45, 2.75) is 31.6 Å². The first kappa shape index (κ1) is 18.4. The lowest BCUT2D eigenvalue weighted by molar-refractivity contribution is -0.131. The highest BCUT2D eigenvalue weighted by molar-refractivity contribution is 5.78. The fourth-order valence-corrected chi connectivity index (χ4v) is 3.01. The molecule has 132 valence electrons. The maximum atomic E-state index is 11.9. The quantitative estimate of drug-likeness (QED) is 0.845. The third-order valence-corrected chi connectivity index (χ3v) is 4.52. The molecule has 1 aliphatic rings. The molecule has 1 saturated heterocycles. The lowest BCUT2D eigenvalue weighted by Crippen LogP contribution is -2.42. The summed E-state index contributed by atoms with van der Waals surface area (Å²) >= 11 is 0. The third kappa shape index (κ3) is 5.03. The molecule has 1 aliphatic heterocycles. The van der Waals surface area contributed by atoms with Crippen LogP contribution in [0, 0.1) is 0 Å². The minimum absolute atomic E-state index is 0.124. The molecule has 6 nitrogen and oxygen atoms in total. The topological polar surface area (TPSA) is 65.5 Å². The second kappa shape index (κ2) is 8.78. The number of amides is 2. The first-order valence-corrected chi connectivity index (χ1v) is 8.59. The van der Waals surface area contributed by atoms with Crippen molar-refractivity contribution in [2.75, 3.05) is 40.8 Å². The van der Waals surface area contributed by atoms with Crippen molar-refractivity contribution in [3.63, 3.8) is 0 Å². The molecule has 1 N–H and O–H groups in total. The van der Waals surface area contributed by atoms with E-state index in [1.54, 1.807) is 26.0 Å². The molecule has 1 aromatic rings. The number of rotatable bonds is 6. The molecule has 2 rings (SSSR count). The molecule has 0 saturated carbocycles. The Bertz CT molecular complexity index is 566. The van der Waals surface area contributed by atoms with Crippen LogP contribution in [0.5, 0.6) is 0 Å². The number of hydrogen-bond acceptors (Lipinski definition) is 4. The van der Waals surface area contributed by atoms with E-state index in [-0.39, 0.29) is 11.8 Å². The Morgan fingerprint density at radius 3 is 2.62 bits per heavy atom. The Balaban J connectivity index is 1.90. The second-order valence-electron chi connectivity index (χ2n) is 6.53. The van der Waals surface area contributed by atoms with Crippen LogP contribution in [0.3, 0.4) is 0 Å². The number of nitrogens with one attached hydrogen (secondary N) is 1. The van der Waals surface area contributed by atoms with Crippen LogP contribution in [0.25, 0.3) is 0 Å². The number of carbonyl (C=O) groups excluding carboxylic acids is 2. The summed E-state index contributed by atoms with van der Waals surface area (Å²) in [6.07, 6.45) is 3.05. The molecule has 0 spiro atoms. The molecule has 0 bridgehead atoms. The minimum atomic E-state index is 0.124. The summed E-state index contributed by atoms with van der Waals surface area (Å²) in [7, 11) is 5.34. The summed E-state index contributed by atoms with van der Waals surface area (Å²) in [6, 6.07) is 6.07. The first-order chi connectivity index (χ1) is 11.5. The smallest absolute Gasteiger partial charge is 0.236 e. The van der Waals surface area contributed by atoms with E-state index in [4.69, 9.17) is 4.98 Å². The van der Waals surface area contributed by atoms with E-state index in [9.17, 15) is 9.59 Å². The van der Waals surface area contributed by atoms with E-state index in [2.05, 4.69) is 11.4 Å². The molecular weight excluding hydrogens is 304 g/mol. The number of pyridine rings is 1. The lowest BCUT2D eigenvalue weighted by Gasteiger charge is -2.32. The highest BCUT2D eigenvalue weighted by Crippen LogP contribution is 2.27. The largest absolute Gasteiger partial charge is 0.349 e. The van der Waals surface area contributed by atoms with Gasteiger partial charge in [-0.05, 0) is 38.4 Å². The van der Waals surface area contributed by atoms with Gasteiger partial charge in [0, 0.05) is 50.9 Å². The van der Waals surface area contributed by atoms with Gasteiger partial charge in [0.2, 0.25) is 11.8 Å². The minimum Gasteiger partial charge on any atom is -0.349 e. The van der Waals surface area contributed by atoms with Gasteiger partial charge >= 0.3 is 0 Å². The Hall–Kier alpha value is -1.95. The summed E-state index contributed by atoms with van der Waals surface area (Å²) in [5, 5.41) is 2.91. The molecule has 0 atom stereocenters. The Morgan fingerprint density at radius 2 is 2.00 bits per heavy atom. The van der Waals surface area contributed by atoms with E-state index in [1.807, 2.05) is 17.0 Å². The third-order valence-electron chi connectivity index (χ3n) is 4.52. The zero-order valence-electron chi connectivity index (χ0n) is 14.9. The highest BCUT2D eigenvalue weighted by atomic mass is 16.2. The van der Waals surface area contributed by atoms with Gasteiger partial charge in [-0.15, -0.1) is 0 Å². The van der Waals surface area contributed by atoms with Gasteiger partial charge in [0.05, 0.1) is 6.54 Å². The fraction of sp³-hybridized carbons (Fsp3) is 0.611. The number of aryl methyl sites for hydroxylation is 1. The Morgan fingerprint density at radius 1 is 1.29 bits per heavy atom. The van der Waals surface area contributed by atoms with Crippen LogP contribution in [0.15, 0.2) is 18.2 Å². The van der Waals surface area contributed by atoms with Crippen molar-refractivity contribution in [3.05, 3.63) is 29.6 Å². The summed E-state index contributed by atoms with van der Waals surface area (Å²) in [4.78, 5) is 31.9. The van der Waals surface area contributed by atoms with Gasteiger partial charge in [-0.2, -0.15) is 0 Å². The van der Waals surface area contributed by atoms with Crippen molar-refractivity contribution >= 4 is 11.8 Å². The number of carbonyl (C=O) groups is 2. The second-order valence-corrected chi connectivity index (χ2v) is 6.53. The average molecular weight is 332 g/mol. The molecule has 6 heteroatoms. The number of nitrogens with zero attached hydrogens (tertiary/aromatic N) is 3. The van der Waals surface area contributed by atoms with Crippen molar-refractivity contribution in [2.24, 2.45) is 0 Å². The summed E-state index contributed by atoms with van der Waals surface area (Å²) in [6.45, 7) is 1.98. The highest BCUT2D eigenvalue weighted by Gasteiger charge is 2.24. The Labute approximate surface area is 144 Å². The van der Waals surface area contributed by atoms with Crippen LogP contribution < -0.4 is 5.32 Å². The average Bonchev–Trinajstić information content (AvgIpc) is 2.60. The summed E-state index contributed by atoms with van der Waals surface area (Å²) in [5.74, 6) is 0.687. The van der Waals surface area contributed by atoms with Crippen LogP contribution in [0.4, 0.5) is 0 Å². The normalized spacial score (nSPS) is 15.4. The number of likely N-dealkylation sites (N-methyl/N-ethyl adjacent to an activating group) is 1. The van der Waals surface area contributed by atoms with Crippen LogP contribution >= 0.6 is 0 Å². The number of hydrogen-bond donors (Lipinski definition) is 1. The number of likely N-dealkylation sites (tertiary alicyclic amines) is 1. The van der Waals surface area contributed by atoms with Gasteiger partial charge in [-0.1, -0.05) is 6.07 Å². The zero-order valence-corrected chi connectivity index (χ0v) is 14.9. The molecule has 24 heavy (non-hydrogen) atoms. The predicted molar refractivity (Wildman–Crippen MR) is 93.7 cm³/mol. The monoisotopic (exact) mass is 332 g/mol. The van der Waals surface area contributed by atoms with E-state index < -0.39 is 0 Å². The van der Waals surface area contributed by atoms with Crippen molar-refractivity contribution in [1.29, 1.82) is 0 Å². The number of piperidine rings is 1.